The molecule has 1 aromatic carbocycles. The van der Waals surface area contributed by atoms with E-state index in [2.05, 4.69) is 15.5 Å². The average molecular weight is 345 g/mol. The van der Waals surface area contributed by atoms with Crippen molar-refractivity contribution in [1.29, 1.82) is 0 Å². The molecule has 1 atom stereocenters. The van der Waals surface area contributed by atoms with Crippen molar-refractivity contribution in [3.8, 4) is 0 Å². The summed E-state index contributed by atoms with van der Waals surface area (Å²) in [5.41, 5.74) is 0.693. The van der Waals surface area contributed by atoms with E-state index in [1.54, 1.807) is 0 Å². The number of piperidine rings is 1. The van der Waals surface area contributed by atoms with Crippen LogP contribution in [0, 0.1) is 0 Å². The maximum atomic E-state index is 12.2. The quantitative estimate of drug-likeness (QED) is 0.812. The monoisotopic (exact) mass is 345 g/mol. The molecule has 2 N–H and O–H groups in total. The van der Waals surface area contributed by atoms with Crippen LogP contribution < -0.4 is 10.6 Å². The third kappa shape index (κ3) is 5.54. The second-order valence-electron chi connectivity index (χ2n) is 6.83. The van der Waals surface area contributed by atoms with Crippen LogP contribution in [0.25, 0.3) is 0 Å². The predicted octanol–water partition coefficient (Wildman–Crippen LogP) is 1.18. The summed E-state index contributed by atoms with van der Waals surface area (Å²) in [7, 11) is 0. The lowest BCUT2D eigenvalue weighted by molar-refractivity contribution is -0.123. The second kappa shape index (κ2) is 8.97. The Morgan fingerprint density at radius 3 is 2.56 bits per heavy atom. The van der Waals surface area contributed by atoms with E-state index in [1.165, 1.54) is 0 Å². The first-order valence-electron chi connectivity index (χ1n) is 9.17. The minimum Gasteiger partial charge on any atom is -0.376 e. The minimum absolute atomic E-state index is 0.0200. The van der Waals surface area contributed by atoms with E-state index in [4.69, 9.17) is 4.74 Å². The zero-order chi connectivity index (χ0) is 17.5. The van der Waals surface area contributed by atoms with Gasteiger partial charge < -0.3 is 15.4 Å². The fourth-order valence-corrected chi connectivity index (χ4v) is 3.39. The molecule has 6 heteroatoms. The smallest absolute Gasteiger partial charge is 0.251 e. The van der Waals surface area contributed by atoms with Crippen LogP contribution in [0.1, 0.15) is 36.0 Å². The number of amides is 2. The van der Waals surface area contributed by atoms with Crippen LogP contribution in [0.2, 0.25) is 0 Å². The highest BCUT2D eigenvalue weighted by Gasteiger charge is 2.23. The molecule has 2 aliphatic heterocycles. The van der Waals surface area contributed by atoms with Gasteiger partial charge in [0.2, 0.25) is 5.91 Å². The first-order valence-corrected chi connectivity index (χ1v) is 9.17. The first-order chi connectivity index (χ1) is 12.2. The molecule has 2 fully saturated rings. The van der Waals surface area contributed by atoms with Crippen LogP contribution >= 0.6 is 0 Å². The predicted molar refractivity (Wildman–Crippen MR) is 95.4 cm³/mol. The van der Waals surface area contributed by atoms with Crippen molar-refractivity contribution >= 4 is 11.8 Å². The van der Waals surface area contributed by atoms with Crippen LogP contribution in [0.3, 0.4) is 0 Å². The SMILES string of the molecule is O=C(CN1CCC(NC(=O)c2ccccc2)CC1)NCC1CCCO1. The molecule has 1 unspecified atom stereocenters. The summed E-state index contributed by atoms with van der Waals surface area (Å²) < 4.78 is 5.51. The highest BCUT2D eigenvalue weighted by atomic mass is 16.5. The lowest BCUT2D eigenvalue weighted by atomic mass is 10.0. The summed E-state index contributed by atoms with van der Waals surface area (Å²) >= 11 is 0. The van der Waals surface area contributed by atoms with E-state index in [-0.39, 0.29) is 24.0 Å². The molecular weight excluding hydrogens is 318 g/mol. The molecule has 25 heavy (non-hydrogen) atoms. The molecule has 0 radical (unpaired) electrons. The van der Waals surface area contributed by atoms with Crippen molar-refractivity contribution in [2.75, 3.05) is 32.8 Å². The standard InChI is InChI=1S/C19H27N3O3/c23-18(20-13-17-7-4-12-25-17)14-22-10-8-16(9-11-22)21-19(24)15-5-2-1-3-6-15/h1-3,5-6,16-17H,4,7-14H2,(H,20,23)(H,21,24). The van der Waals surface area contributed by atoms with Crippen molar-refractivity contribution in [3.05, 3.63) is 35.9 Å². The zero-order valence-electron chi connectivity index (χ0n) is 14.6. The van der Waals surface area contributed by atoms with Crippen molar-refractivity contribution in [3.63, 3.8) is 0 Å². The molecule has 2 saturated heterocycles. The Balaban J connectivity index is 1.34. The topological polar surface area (TPSA) is 70.7 Å². The summed E-state index contributed by atoms with van der Waals surface area (Å²) in [6.07, 6.45) is 4.05. The largest absolute Gasteiger partial charge is 0.376 e. The maximum absolute atomic E-state index is 12.2. The van der Waals surface area contributed by atoms with Crippen LogP contribution in [-0.2, 0) is 9.53 Å². The maximum Gasteiger partial charge on any atom is 0.251 e. The highest BCUT2D eigenvalue weighted by molar-refractivity contribution is 5.94. The Labute approximate surface area is 148 Å². The summed E-state index contributed by atoms with van der Waals surface area (Å²) in [6.45, 7) is 3.50. The third-order valence-corrected chi connectivity index (χ3v) is 4.88. The first kappa shape index (κ1) is 17.9. The minimum atomic E-state index is -0.0200. The number of nitrogens with one attached hydrogen (secondary N) is 2. The summed E-state index contributed by atoms with van der Waals surface area (Å²) in [4.78, 5) is 26.4. The van der Waals surface area contributed by atoms with Gasteiger partial charge in [-0.1, -0.05) is 18.2 Å². The molecule has 0 bridgehead atoms. The fourth-order valence-electron chi connectivity index (χ4n) is 3.39. The second-order valence-corrected chi connectivity index (χ2v) is 6.83. The van der Waals surface area contributed by atoms with Gasteiger partial charge in [-0.2, -0.15) is 0 Å². The van der Waals surface area contributed by atoms with Gasteiger partial charge in [-0.25, -0.2) is 0 Å². The molecule has 136 valence electrons. The number of hydrogen-bond acceptors (Lipinski definition) is 4. The number of ether oxygens (including phenoxy) is 1. The van der Waals surface area contributed by atoms with Gasteiger partial charge >= 0.3 is 0 Å². The zero-order valence-corrected chi connectivity index (χ0v) is 14.6. The lowest BCUT2D eigenvalue weighted by Crippen LogP contribution is -2.48. The normalized spacial score (nSPS) is 21.8. The molecule has 6 nitrogen and oxygen atoms in total. The van der Waals surface area contributed by atoms with Crippen molar-refractivity contribution in [1.82, 2.24) is 15.5 Å². The molecule has 2 aliphatic rings. The lowest BCUT2D eigenvalue weighted by Gasteiger charge is -2.32. The van der Waals surface area contributed by atoms with Gasteiger partial charge in [-0.05, 0) is 37.8 Å². The molecule has 0 aliphatic carbocycles. The Hall–Kier alpha value is -1.92. The van der Waals surface area contributed by atoms with E-state index < -0.39 is 0 Å². The number of nitrogens with zero attached hydrogens (tertiary/aromatic N) is 1. The van der Waals surface area contributed by atoms with Crippen molar-refractivity contribution < 1.29 is 14.3 Å². The molecule has 0 saturated carbocycles. The molecule has 2 heterocycles. The van der Waals surface area contributed by atoms with Gasteiger partial charge in [0, 0.05) is 37.8 Å². The van der Waals surface area contributed by atoms with Crippen LogP contribution in [0.4, 0.5) is 0 Å². The van der Waals surface area contributed by atoms with Gasteiger partial charge in [-0.15, -0.1) is 0 Å². The molecule has 0 aromatic heterocycles. The highest BCUT2D eigenvalue weighted by Crippen LogP contribution is 2.12. The molecule has 1 aromatic rings. The number of hydrogen-bond donors (Lipinski definition) is 2. The Kier molecular flexibility index (Phi) is 6.42. The van der Waals surface area contributed by atoms with Gasteiger partial charge in [-0.3, -0.25) is 14.5 Å². The molecule has 2 amide bonds. The molecule has 0 spiro atoms. The van der Waals surface area contributed by atoms with Crippen molar-refractivity contribution in [2.24, 2.45) is 0 Å². The van der Waals surface area contributed by atoms with E-state index in [1.807, 2.05) is 30.3 Å². The number of rotatable bonds is 6. The summed E-state index contributed by atoms with van der Waals surface area (Å²) in [5.74, 6) is 0.0376. The molecular formula is C19H27N3O3. The Bertz CT molecular complexity index is 565. The summed E-state index contributed by atoms with van der Waals surface area (Å²) in [5, 5.41) is 6.05. The Morgan fingerprint density at radius 1 is 1.12 bits per heavy atom. The number of carbonyl (C=O) groups excluding carboxylic acids is 2. The summed E-state index contributed by atoms with van der Waals surface area (Å²) in [6, 6.07) is 9.46. The Morgan fingerprint density at radius 2 is 1.88 bits per heavy atom. The molecule has 3 rings (SSSR count). The number of carbonyl (C=O) groups is 2. The van der Waals surface area contributed by atoms with Gasteiger partial charge in [0.1, 0.15) is 0 Å². The number of likely N-dealkylation sites (tertiary alicyclic amines) is 1. The van der Waals surface area contributed by atoms with Crippen molar-refractivity contribution in [2.45, 2.75) is 37.8 Å². The van der Waals surface area contributed by atoms with E-state index in [0.29, 0.717) is 18.7 Å². The third-order valence-electron chi connectivity index (χ3n) is 4.88. The van der Waals surface area contributed by atoms with E-state index >= 15 is 0 Å². The van der Waals surface area contributed by atoms with Gasteiger partial charge in [0.15, 0.2) is 0 Å². The fraction of sp³-hybridized carbons (Fsp3) is 0.579. The van der Waals surface area contributed by atoms with Crippen LogP contribution in [-0.4, -0.2) is 61.6 Å². The van der Waals surface area contributed by atoms with Crippen LogP contribution in [0.5, 0.6) is 0 Å². The van der Waals surface area contributed by atoms with Crippen LogP contribution in [0.15, 0.2) is 30.3 Å². The van der Waals surface area contributed by atoms with E-state index in [0.717, 1.165) is 45.4 Å². The average Bonchev–Trinajstić information content (AvgIpc) is 3.16. The van der Waals surface area contributed by atoms with Gasteiger partial charge in [0.05, 0.1) is 12.6 Å². The number of benzene rings is 1. The van der Waals surface area contributed by atoms with E-state index in [9.17, 15) is 9.59 Å². The van der Waals surface area contributed by atoms with Gasteiger partial charge in [0.25, 0.3) is 5.91 Å².